The Balaban J connectivity index is 1.59. The van der Waals surface area contributed by atoms with Gasteiger partial charge in [-0.3, -0.25) is 19.3 Å². The molecule has 0 fully saturated rings. The van der Waals surface area contributed by atoms with Crippen molar-refractivity contribution in [3.05, 3.63) is 95.1 Å². The summed E-state index contributed by atoms with van der Waals surface area (Å²) in [7, 11) is 2.75. The Morgan fingerprint density at radius 2 is 1.39 bits per heavy atom. The molecule has 0 saturated carbocycles. The number of carbonyl (C=O) groups excluding carboxylic acids is 3. The van der Waals surface area contributed by atoms with Crippen LogP contribution in [0.1, 0.15) is 61.3 Å². The first kappa shape index (κ1) is 37.0. The summed E-state index contributed by atoms with van der Waals surface area (Å²) in [6, 6.07) is 17.8. The Labute approximate surface area is 284 Å². The average Bonchev–Trinajstić information content (AvgIpc) is 3.39. The van der Waals surface area contributed by atoms with Crippen LogP contribution in [0.15, 0.2) is 72.8 Å². The van der Waals surface area contributed by atoms with E-state index in [1.54, 1.807) is 6.92 Å². The van der Waals surface area contributed by atoms with Crippen molar-refractivity contribution in [1.29, 1.82) is 0 Å². The third kappa shape index (κ3) is 8.60. The SMILES string of the molecule is CCC[C@@H](C(=O)N(CCC)[C@@H](Cc1ccc(C(F)(F)F)cc1)C(=O)N(C)CC(=O)O)N(C)C(=O)OCC1c2ccccc2-c2ccccc21. The largest absolute Gasteiger partial charge is 0.480 e. The van der Waals surface area contributed by atoms with E-state index in [9.17, 15) is 37.5 Å². The topological polar surface area (TPSA) is 107 Å². The summed E-state index contributed by atoms with van der Waals surface area (Å²) in [4.78, 5) is 56.6. The van der Waals surface area contributed by atoms with Crippen molar-refractivity contribution in [3.8, 4) is 11.1 Å². The first-order valence-corrected chi connectivity index (χ1v) is 16.3. The maximum atomic E-state index is 14.4. The van der Waals surface area contributed by atoms with Gasteiger partial charge >= 0.3 is 18.2 Å². The summed E-state index contributed by atoms with van der Waals surface area (Å²) in [5, 5.41) is 9.35. The lowest BCUT2D eigenvalue weighted by molar-refractivity contribution is -0.150. The predicted molar refractivity (Wildman–Crippen MR) is 178 cm³/mol. The highest BCUT2D eigenvalue weighted by atomic mass is 19.4. The molecule has 3 aromatic rings. The van der Waals surface area contributed by atoms with Crippen molar-refractivity contribution in [2.45, 2.75) is 63.7 Å². The smallest absolute Gasteiger partial charge is 0.416 e. The molecule has 0 spiro atoms. The highest BCUT2D eigenvalue weighted by Crippen LogP contribution is 2.44. The second-order valence-electron chi connectivity index (χ2n) is 12.3. The number of likely N-dealkylation sites (N-methyl/N-ethyl adjacent to an activating group) is 2. The average molecular weight is 682 g/mol. The highest BCUT2D eigenvalue weighted by Gasteiger charge is 2.39. The van der Waals surface area contributed by atoms with E-state index < -0.39 is 54.2 Å². The molecule has 49 heavy (non-hydrogen) atoms. The molecule has 9 nitrogen and oxygen atoms in total. The van der Waals surface area contributed by atoms with Gasteiger partial charge in [-0.2, -0.15) is 13.2 Å². The normalized spacial score (nSPS) is 13.5. The van der Waals surface area contributed by atoms with E-state index >= 15 is 0 Å². The van der Waals surface area contributed by atoms with Crippen molar-refractivity contribution < 1.29 is 42.2 Å². The number of hydrogen-bond donors (Lipinski definition) is 1. The fraction of sp³-hybridized carbons (Fsp3) is 0.405. The van der Waals surface area contributed by atoms with Crippen LogP contribution in [0.4, 0.5) is 18.0 Å². The van der Waals surface area contributed by atoms with Gasteiger partial charge in [0.2, 0.25) is 11.8 Å². The lowest BCUT2D eigenvalue weighted by Crippen LogP contribution is -2.57. The van der Waals surface area contributed by atoms with Crippen LogP contribution in [0.25, 0.3) is 11.1 Å². The molecule has 4 rings (SSSR count). The van der Waals surface area contributed by atoms with Gasteiger partial charge < -0.3 is 19.6 Å². The third-order valence-electron chi connectivity index (χ3n) is 8.81. The van der Waals surface area contributed by atoms with E-state index in [1.165, 1.54) is 36.0 Å². The number of carbonyl (C=O) groups is 4. The van der Waals surface area contributed by atoms with Crippen LogP contribution in [0.2, 0.25) is 0 Å². The zero-order valence-corrected chi connectivity index (χ0v) is 28.1. The molecule has 1 aliphatic rings. The molecule has 1 aliphatic carbocycles. The van der Waals surface area contributed by atoms with Crippen LogP contribution in [0, 0.1) is 0 Å². The van der Waals surface area contributed by atoms with Crippen molar-refractivity contribution in [2.75, 3.05) is 33.8 Å². The fourth-order valence-corrected chi connectivity index (χ4v) is 6.35. The molecule has 12 heteroatoms. The molecule has 1 N–H and O–H groups in total. The number of amides is 3. The Morgan fingerprint density at radius 1 is 0.816 bits per heavy atom. The Bertz CT molecular complexity index is 1600. The fourth-order valence-electron chi connectivity index (χ4n) is 6.35. The minimum atomic E-state index is -4.56. The van der Waals surface area contributed by atoms with E-state index in [-0.39, 0.29) is 31.9 Å². The number of carboxylic acids is 1. The summed E-state index contributed by atoms with van der Waals surface area (Å²) < 4.78 is 45.5. The Kier molecular flexibility index (Phi) is 12.1. The van der Waals surface area contributed by atoms with Crippen LogP contribution in [0.3, 0.4) is 0 Å². The monoisotopic (exact) mass is 681 g/mol. The number of nitrogens with zero attached hydrogens (tertiary/aromatic N) is 3. The number of carboxylic acid groups (broad SMARTS) is 1. The molecule has 0 bridgehead atoms. The molecule has 0 saturated heterocycles. The lowest BCUT2D eigenvalue weighted by atomic mass is 9.98. The second-order valence-corrected chi connectivity index (χ2v) is 12.3. The maximum absolute atomic E-state index is 14.4. The molecule has 0 radical (unpaired) electrons. The van der Waals surface area contributed by atoms with E-state index in [0.29, 0.717) is 18.4 Å². The summed E-state index contributed by atoms with van der Waals surface area (Å²) in [6.07, 6.45) is -4.28. The molecule has 3 aromatic carbocycles. The molecule has 2 atom stereocenters. The molecule has 0 aliphatic heterocycles. The van der Waals surface area contributed by atoms with E-state index in [2.05, 4.69) is 0 Å². The molecular formula is C37H42F3N3O6. The third-order valence-corrected chi connectivity index (χ3v) is 8.81. The Hall–Kier alpha value is -4.87. The van der Waals surface area contributed by atoms with Gasteiger partial charge in [0.05, 0.1) is 5.56 Å². The number of aliphatic carboxylic acids is 1. The number of halogens is 3. The van der Waals surface area contributed by atoms with Gasteiger partial charge in [0.25, 0.3) is 0 Å². The van der Waals surface area contributed by atoms with Crippen molar-refractivity contribution in [1.82, 2.24) is 14.7 Å². The maximum Gasteiger partial charge on any atom is 0.416 e. The summed E-state index contributed by atoms with van der Waals surface area (Å²) in [6.45, 7) is 3.12. The summed E-state index contributed by atoms with van der Waals surface area (Å²) in [5.41, 5.74) is 3.68. The van der Waals surface area contributed by atoms with Gasteiger partial charge in [0.1, 0.15) is 25.2 Å². The lowest BCUT2D eigenvalue weighted by Gasteiger charge is -2.37. The first-order valence-electron chi connectivity index (χ1n) is 16.3. The van der Waals surface area contributed by atoms with Crippen LogP contribution in [-0.2, 0) is 31.7 Å². The van der Waals surface area contributed by atoms with Gasteiger partial charge in [0.15, 0.2) is 0 Å². The first-order chi connectivity index (χ1) is 23.3. The van der Waals surface area contributed by atoms with E-state index in [0.717, 1.165) is 39.3 Å². The van der Waals surface area contributed by atoms with E-state index in [1.807, 2.05) is 55.5 Å². The van der Waals surface area contributed by atoms with E-state index in [4.69, 9.17) is 4.74 Å². The molecule has 0 unspecified atom stereocenters. The number of rotatable bonds is 14. The van der Waals surface area contributed by atoms with Crippen LogP contribution in [0.5, 0.6) is 0 Å². The predicted octanol–water partition coefficient (Wildman–Crippen LogP) is 6.45. The number of ether oxygens (including phenoxy) is 1. The Morgan fingerprint density at radius 3 is 1.90 bits per heavy atom. The van der Waals surface area contributed by atoms with Gasteiger partial charge in [0, 0.05) is 33.0 Å². The number of alkyl halides is 3. The van der Waals surface area contributed by atoms with Gasteiger partial charge in [-0.05, 0) is 52.8 Å². The van der Waals surface area contributed by atoms with Crippen molar-refractivity contribution in [2.24, 2.45) is 0 Å². The summed E-state index contributed by atoms with van der Waals surface area (Å²) >= 11 is 0. The zero-order valence-electron chi connectivity index (χ0n) is 28.1. The van der Waals surface area contributed by atoms with Crippen molar-refractivity contribution in [3.63, 3.8) is 0 Å². The minimum Gasteiger partial charge on any atom is -0.480 e. The highest BCUT2D eigenvalue weighted by molar-refractivity contribution is 5.92. The number of benzene rings is 3. The molecule has 0 aromatic heterocycles. The molecule has 262 valence electrons. The molecular weight excluding hydrogens is 639 g/mol. The quantitative estimate of drug-likeness (QED) is 0.210. The van der Waals surface area contributed by atoms with Crippen LogP contribution < -0.4 is 0 Å². The molecule has 0 heterocycles. The standard InChI is InChI=1S/C37H42F3N3O6/c1-5-11-31(42(4)36(48)49-23-30-28-14-9-7-12-26(28)27-13-8-10-15-29(27)30)35(47)43(20-6-2)32(34(46)41(3)22-33(44)45)21-24-16-18-25(19-17-24)37(38,39)40/h7-10,12-19,30-32H,5-6,11,20-23H2,1-4H3,(H,44,45)/t31-,32-/m0/s1. The van der Waals surface area contributed by atoms with Gasteiger partial charge in [-0.25, -0.2) is 4.79 Å². The zero-order chi connectivity index (χ0) is 35.9. The number of fused-ring (bicyclic) bond motifs is 3. The van der Waals surface area contributed by atoms with Crippen LogP contribution in [-0.4, -0.2) is 89.6 Å². The van der Waals surface area contributed by atoms with Crippen LogP contribution >= 0.6 is 0 Å². The minimum absolute atomic E-state index is 0.0396. The van der Waals surface area contributed by atoms with Gasteiger partial charge in [-0.1, -0.05) is 80.9 Å². The van der Waals surface area contributed by atoms with Crippen molar-refractivity contribution >= 4 is 23.9 Å². The molecule has 3 amide bonds. The van der Waals surface area contributed by atoms with Gasteiger partial charge in [-0.15, -0.1) is 0 Å². The number of hydrogen-bond acceptors (Lipinski definition) is 5. The second kappa shape index (κ2) is 16.0. The summed E-state index contributed by atoms with van der Waals surface area (Å²) in [5.74, 6) is -2.70.